The molecule has 184 valence electrons. The Morgan fingerprint density at radius 2 is 1.48 bits per heavy atom. The van der Waals surface area contributed by atoms with Crippen LogP contribution in [0.2, 0.25) is 0 Å². The van der Waals surface area contributed by atoms with Crippen LogP contribution < -0.4 is 0 Å². The maximum absolute atomic E-state index is 13.5. The van der Waals surface area contributed by atoms with Crippen molar-refractivity contribution in [1.82, 2.24) is 0 Å². The Morgan fingerprint density at radius 1 is 0.879 bits per heavy atom. The van der Waals surface area contributed by atoms with Gasteiger partial charge in [-0.15, -0.1) is 0 Å². The number of rotatable bonds is 1. The molecule has 5 rings (SSSR count). The zero-order chi connectivity index (χ0) is 24.2. The Balaban J connectivity index is 1.60. The van der Waals surface area contributed by atoms with Crippen molar-refractivity contribution >= 4 is 12.1 Å². The molecule has 9 unspecified atom stereocenters. The fourth-order valence-corrected chi connectivity index (χ4v) is 10.7. The number of aldehydes is 1. The summed E-state index contributed by atoms with van der Waals surface area (Å²) in [6.45, 7) is 17.0. The van der Waals surface area contributed by atoms with E-state index < -0.39 is 5.41 Å². The minimum absolute atomic E-state index is 0.00319. The molecule has 33 heavy (non-hydrogen) atoms. The average Bonchev–Trinajstić information content (AvgIpc) is 2.74. The second kappa shape index (κ2) is 6.76. The van der Waals surface area contributed by atoms with E-state index in [1.54, 1.807) is 0 Å². The predicted octanol–water partition coefficient (Wildman–Crippen LogP) is 7.30. The van der Waals surface area contributed by atoms with Gasteiger partial charge in [-0.05, 0) is 96.7 Å². The van der Waals surface area contributed by atoms with Crippen molar-refractivity contribution in [2.45, 2.75) is 106 Å². The molecule has 0 aromatic rings. The first-order chi connectivity index (χ1) is 15.2. The Kier molecular flexibility index (Phi) is 4.83. The first-order valence-electron chi connectivity index (χ1n) is 13.6. The van der Waals surface area contributed by atoms with Gasteiger partial charge in [-0.1, -0.05) is 48.5 Å². The summed E-state index contributed by atoms with van der Waals surface area (Å²) in [7, 11) is 0. The lowest BCUT2D eigenvalue weighted by molar-refractivity contribution is -0.249. The number of aliphatic hydroxyl groups excluding tert-OH is 1. The third-order valence-corrected chi connectivity index (χ3v) is 13.1. The number of carbonyl (C=O) groups excluding carboxylic acids is 2. The van der Waals surface area contributed by atoms with Crippen molar-refractivity contribution < 1.29 is 14.7 Å². The van der Waals surface area contributed by atoms with Crippen LogP contribution in [0.5, 0.6) is 0 Å². The highest BCUT2D eigenvalue weighted by Crippen LogP contribution is 2.78. The first kappa shape index (κ1) is 23.6. The largest absolute Gasteiger partial charge is 0.512 e. The summed E-state index contributed by atoms with van der Waals surface area (Å²) in [5.74, 6) is 0.697. The number of fused-ring (bicyclic) bond motifs is 7. The van der Waals surface area contributed by atoms with Crippen LogP contribution in [-0.4, -0.2) is 17.2 Å². The number of hydrogen-bond donors (Lipinski definition) is 1. The predicted molar refractivity (Wildman–Crippen MR) is 132 cm³/mol. The van der Waals surface area contributed by atoms with Crippen molar-refractivity contribution in [3.8, 4) is 0 Å². The molecule has 4 saturated carbocycles. The number of carbonyl (C=O) groups is 2. The van der Waals surface area contributed by atoms with Crippen LogP contribution in [0.1, 0.15) is 106 Å². The van der Waals surface area contributed by atoms with Crippen molar-refractivity contribution in [3.05, 3.63) is 11.8 Å². The molecule has 0 amide bonds. The minimum Gasteiger partial charge on any atom is -0.512 e. The zero-order valence-electron chi connectivity index (χ0n) is 22.1. The summed E-state index contributed by atoms with van der Waals surface area (Å²) >= 11 is 0. The van der Waals surface area contributed by atoms with Gasteiger partial charge in [0, 0.05) is 23.3 Å². The van der Waals surface area contributed by atoms with Gasteiger partial charge in [0.2, 0.25) is 0 Å². The molecule has 5 aliphatic rings. The maximum atomic E-state index is 13.5. The highest BCUT2D eigenvalue weighted by atomic mass is 16.3. The number of hydrogen-bond acceptors (Lipinski definition) is 3. The van der Waals surface area contributed by atoms with E-state index in [2.05, 4.69) is 41.5 Å². The van der Waals surface area contributed by atoms with Crippen LogP contribution in [0.3, 0.4) is 0 Å². The quantitative estimate of drug-likeness (QED) is 0.423. The second-order valence-corrected chi connectivity index (χ2v) is 14.9. The molecular formula is C30H46O3. The molecular weight excluding hydrogens is 408 g/mol. The molecule has 0 radical (unpaired) electrons. The van der Waals surface area contributed by atoms with Crippen molar-refractivity contribution in [2.24, 2.45) is 56.2 Å². The van der Waals surface area contributed by atoms with Crippen LogP contribution >= 0.6 is 0 Å². The van der Waals surface area contributed by atoms with E-state index in [1.165, 1.54) is 38.2 Å². The Hall–Kier alpha value is -1.12. The van der Waals surface area contributed by atoms with E-state index in [4.69, 9.17) is 0 Å². The fourth-order valence-electron chi connectivity index (χ4n) is 10.7. The van der Waals surface area contributed by atoms with Gasteiger partial charge in [-0.2, -0.15) is 0 Å². The lowest BCUT2D eigenvalue weighted by Crippen LogP contribution is -2.68. The molecule has 9 atom stereocenters. The molecule has 0 bridgehead atoms. The first-order valence-corrected chi connectivity index (χ1v) is 13.6. The molecule has 0 spiro atoms. The summed E-state index contributed by atoms with van der Waals surface area (Å²) in [5, 5.41) is 10.5. The summed E-state index contributed by atoms with van der Waals surface area (Å²) < 4.78 is 0. The van der Waals surface area contributed by atoms with Crippen LogP contribution in [0.4, 0.5) is 0 Å². The summed E-state index contributed by atoms with van der Waals surface area (Å²) in [6, 6.07) is 0. The number of aliphatic hydroxyl groups is 1. The fraction of sp³-hybridized carbons (Fsp3) is 0.867. The highest BCUT2D eigenvalue weighted by molar-refractivity contribution is 5.97. The van der Waals surface area contributed by atoms with Crippen molar-refractivity contribution in [1.29, 1.82) is 0 Å². The monoisotopic (exact) mass is 454 g/mol. The topological polar surface area (TPSA) is 54.4 Å². The molecule has 3 nitrogen and oxygen atoms in total. The lowest BCUT2D eigenvalue weighted by Gasteiger charge is -2.74. The van der Waals surface area contributed by atoms with Gasteiger partial charge in [-0.3, -0.25) is 4.79 Å². The van der Waals surface area contributed by atoms with Gasteiger partial charge in [0.15, 0.2) is 5.78 Å². The van der Waals surface area contributed by atoms with Crippen LogP contribution in [0, 0.1) is 56.2 Å². The third-order valence-electron chi connectivity index (χ3n) is 13.1. The van der Waals surface area contributed by atoms with E-state index in [1.807, 2.05) is 6.92 Å². The SMILES string of the molecule is CC1C(O)=CC(=O)C2C3(C)CCC4(C)C5CC(C)(C)CCC5(C)CCC4(C)C3CCC12C=O. The van der Waals surface area contributed by atoms with Gasteiger partial charge in [0.25, 0.3) is 0 Å². The van der Waals surface area contributed by atoms with E-state index >= 15 is 0 Å². The summed E-state index contributed by atoms with van der Waals surface area (Å²) in [6.07, 6.45) is 12.9. The van der Waals surface area contributed by atoms with E-state index in [9.17, 15) is 14.7 Å². The van der Waals surface area contributed by atoms with E-state index in [0.717, 1.165) is 37.9 Å². The molecule has 5 aliphatic carbocycles. The lowest BCUT2D eigenvalue weighted by atomic mass is 9.30. The average molecular weight is 455 g/mol. The van der Waals surface area contributed by atoms with Crippen LogP contribution in [0.25, 0.3) is 0 Å². The number of ketones is 1. The molecule has 0 aromatic carbocycles. The Morgan fingerprint density at radius 3 is 2.15 bits per heavy atom. The molecule has 0 aromatic heterocycles. The Labute approximate surface area is 201 Å². The zero-order valence-corrected chi connectivity index (χ0v) is 22.1. The normalized spacial score (nSPS) is 55.4. The molecule has 0 heterocycles. The summed E-state index contributed by atoms with van der Waals surface area (Å²) in [5.41, 5.74) is 0.351. The van der Waals surface area contributed by atoms with Crippen LogP contribution in [-0.2, 0) is 9.59 Å². The Bertz CT molecular complexity index is 918. The van der Waals surface area contributed by atoms with Crippen molar-refractivity contribution in [3.63, 3.8) is 0 Å². The standard InChI is InChI=1S/C30H46O3/c1-19-20(32)16-21(33)24-27(5)13-15-29(7)23-17-25(2,3)10-11-26(23,4)12-14-28(29,6)22(27)8-9-30(19,24)18-31/h16,18-19,22-24,32H,8-15,17H2,1-7H3. The van der Waals surface area contributed by atoms with Gasteiger partial charge in [0.1, 0.15) is 6.29 Å². The van der Waals surface area contributed by atoms with Crippen LogP contribution in [0.15, 0.2) is 11.8 Å². The van der Waals surface area contributed by atoms with Gasteiger partial charge in [-0.25, -0.2) is 0 Å². The molecule has 0 saturated heterocycles. The van der Waals surface area contributed by atoms with Gasteiger partial charge >= 0.3 is 0 Å². The van der Waals surface area contributed by atoms with E-state index in [0.29, 0.717) is 16.7 Å². The van der Waals surface area contributed by atoms with Gasteiger partial charge in [0.05, 0.1) is 5.76 Å². The summed E-state index contributed by atoms with van der Waals surface area (Å²) in [4.78, 5) is 26.2. The van der Waals surface area contributed by atoms with Gasteiger partial charge < -0.3 is 9.90 Å². The molecule has 3 heteroatoms. The minimum atomic E-state index is -0.749. The second-order valence-electron chi connectivity index (χ2n) is 14.9. The number of allylic oxidation sites excluding steroid dienone is 2. The maximum Gasteiger partial charge on any atom is 0.163 e. The smallest absolute Gasteiger partial charge is 0.163 e. The third kappa shape index (κ3) is 2.74. The highest BCUT2D eigenvalue weighted by Gasteiger charge is 2.72. The molecule has 4 fully saturated rings. The van der Waals surface area contributed by atoms with E-state index in [-0.39, 0.29) is 39.6 Å². The molecule has 0 aliphatic heterocycles. The molecule has 1 N–H and O–H groups in total. The van der Waals surface area contributed by atoms with Crippen molar-refractivity contribution in [2.75, 3.05) is 0 Å².